The molecule has 1 saturated heterocycles. The molecule has 1 aliphatic heterocycles. The minimum absolute atomic E-state index is 0.0217. The van der Waals surface area contributed by atoms with Crippen molar-refractivity contribution >= 4 is 23.2 Å². The first-order valence-corrected chi connectivity index (χ1v) is 12.2. The molecule has 190 valence electrons. The highest BCUT2D eigenvalue weighted by Gasteiger charge is 2.25. The molecule has 3 rings (SSSR count). The standard InChI is InChI=1S/C28H39N3O4/c1-28(2,3)17-26(32)29-22-11-14-25(30(4)5)21(16-22)18-31(19-24-8-7-15-35-24)27(33)20-9-12-23(34-6)13-10-20/h9-14,16,24H,7-8,15,17-19H2,1-6H3,(H,29,32)/t24-/m0/s1. The van der Waals surface area contributed by atoms with E-state index in [1.807, 2.05) is 62.9 Å². The van der Waals surface area contributed by atoms with E-state index >= 15 is 0 Å². The number of hydrogen-bond donors (Lipinski definition) is 1. The van der Waals surface area contributed by atoms with Gasteiger partial charge in [0.15, 0.2) is 0 Å². The van der Waals surface area contributed by atoms with Gasteiger partial charge >= 0.3 is 0 Å². The lowest BCUT2D eigenvalue weighted by atomic mass is 9.92. The third kappa shape index (κ3) is 7.72. The molecule has 0 aromatic heterocycles. The summed E-state index contributed by atoms with van der Waals surface area (Å²) in [7, 11) is 5.56. The van der Waals surface area contributed by atoms with Gasteiger partial charge in [-0.25, -0.2) is 0 Å². The van der Waals surface area contributed by atoms with Crippen molar-refractivity contribution in [2.75, 3.05) is 44.6 Å². The molecule has 35 heavy (non-hydrogen) atoms. The SMILES string of the molecule is COc1ccc(C(=O)N(Cc2cc(NC(=O)CC(C)(C)C)ccc2N(C)C)C[C@@H]2CCCO2)cc1. The second-order valence-electron chi connectivity index (χ2n) is 10.6. The first-order valence-electron chi connectivity index (χ1n) is 12.2. The summed E-state index contributed by atoms with van der Waals surface area (Å²) in [4.78, 5) is 30.0. The van der Waals surface area contributed by atoms with Gasteiger partial charge in [0.2, 0.25) is 5.91 Å². The van der Waals surface area contributed by atoms with E-state index in [-0.39, 0.29) is 23.3 Å². The Morgan fingerprint density at radius 1 is 1.11 bits per heavy atom. The van der Waals surface area contributed by atoms with Gasteiger partial charge in [-0.3, -0.25) is 9.59 Å². The molecule has 0 saturated carbocycles. The van der Waals surface area contributed by atoms with E-state index in [1.54, 1.807) is 31.4 Å². The Hall–Kier alpha value is -3.06. The molecular weight excluding hydrogens is 442 g/mol. The van der Waals surface area contributed by atoms with Crippen LogP contribution in [0.3, 0.4) is 0 Å². The van der Waals surface area contributed by atoms with Gasteiger partial charge in [-0.1, -0.05) is 20.8 Å². The van der Waals surface area contributed by atoms with Crippen molar-refractivity contribution in [2.24, 2.45) is 5.41 Å². The van der Waals surface area contributed by atoms with Crippen LogP contribution < -0.4 is 15.0 Å². The predicted molar refractivity (Wildman–Crippen MR) is 140 cm³/mol. The quantitative estimate of drug-likeness (QED) is 0.548. The van der Waals surface area contributed by atoms with Crippen LogP contribution in [0.2, 0.25) is 0 Å². The average Bonchev–Trinajstić information content (AvgIpc) is 3.30. The number of ether oxygens (including phenoxy) is 2. The van der Waals surface area contributed by atoms with Crippen LogP contribution in [0.1, 0.15) is 56.0 Å². The number of amides is 2. The van der Waals surface area contributed by atoms with E-state index in [1.165, 1.54) is 0 Å². The smallest absolute Gasteiger partial charge is 0.254 e. The van der Waals surface area contributed by atoms with Crippen molar-refractivity contribution in [1.82, 2.24) is 4.90 Å². The van der Waals surface area contributed by atoms with Crippen LogP contribution in [-0.4, -0.2) is 57.2 Å². The predicted octanol–water partition coefficient (Wildman–Crippen LogP) is 4.96. The molecule has 1 atom stereocenters. The first kappa shape index (κ1) is 26.5. The van der Waals surface area contributed by atoms with E-state index in [9.17, 15) is 9.59 Å². The van der Waals surface area contributed by atoms with E-state index < -0.39 is 0 Å². The number of carbonyl (C=O) groups is 2. The fourth-order valence-electron chi connectivity index (χ4n) is 4.29. The van der Waals surface area contributed by atoms with Crippen LogP contribution in [0.25, 0.3) is 0 Å². The summed E-state index contributed by atoms with van der Waals surface area (Å²) in [5, 5.41) is 3.03. The lowest BCUT2D eigenvalue weighted by molar-refractivity contribution is -0.117. The van der Waals surface area contributed by atoms with Gasteiger partial charge in [0, 0.05) is 57.2 Å². The van der Waals surface area contributed by atoms with Crippen molar-refractivity contribution < 1.29 is 19.1 Å². The molecule has 0 radical (unpaired) electrons. The summed E-state index contributed by atoms with van der Waals surface area (Å²) in [5.74, 6) is 0.627. The van der Waals surface area contributed by atoms with Gasteiger partial charge in [-0.05, 0) is 66.3 Å². The third-order valence-electron chi connectivity index (χ3n) is 5.97. The fourth-order valence-corrected chi connectivity index (χ4v) is 4.29. The number of carbonyl (C=O) groups excluding carboxylic acids is 2. The van der Waals surface area contributed by atoms with E-state index in [0.717, 1.165) is 36.4 Å². The summed E-state index contributed by atoms with van der Waals surface area (Å²) in [5.41, 5.74) is 3.19. The zero-order valence-corrected chi connectivity index (χ0v) is 21.9. The molecule has 0 unspecified atom stereocenters. The average molecular weight is 482 g/mol. The molecule has 7 nitrogen and oxygen atoms in total. The molecule has 2 aromatic carbocycles. The van der Waals surface area contributed by atoms with Crippen LogP contribution in [-0.2, 0) is 16.1 Å². The lowest BCUT2D eigenvalue weighted by Crippen LogP contribution is -2.37. The highest BCUT2D eigenvalue weighted by molar-refractivity contribution is 5.94. The Balaban J connectivity index is 1.88. The molecule has 2 amide bonds. The van der Waals surface area contributed by atoms with Crippen LogP contribution in [0.15, 0.2) is 42.5 Å². The Morgan fingerprint density at radius 2 is 1.83 bits per heavy atom. The highest BCUT2D eigenvalue weighted by Crippen LogP contribution is 2.27. The van der Waals surface area contributed by atoms with Gasteiger partial charge in [0.1, 0.15) is 5.75 Å². The molecule has 1 heterocycles. The second-order valence-corrected chi connectivity index (χ2v) is 10.6. The van der Waals surface area contributed by atoms with Crippen molar-refractivity contribution in [2.45, 2.75) is 52.7 Å². The maximum absolute atomic E-state index is 13.6. The van der Waals surface area contributed by atoms with Crippen molar-refractivity contribution in [1.29, 1.82) is 0 Å². The fraction of sp³-hybridized carbons (Fsp3) is 0.500. The van der Waals surface area contributed by atoms with Crippen molar-refractivity contribution in [3.63, 3.8) is 0 Å². The number of anilines is 2. The third-order valence-corrected chi connectivity index (χ3v) is 5.97. The minimum atomic E-state index is -0.0979. The Kier molecular flexibility index (Phi) is 8.78. The van der Waals surface area contributed by atoms with Gasteiger partial charge < -0.3 is 24.6 Å². The summed E-state index contributed by atoms with van der Waals surface area (Å²) in [6, 6.07) is 13.1. The molecule has 7 heteroatoms. The Bertz CT molecular complexity index is 1010. The largest absolute Gasteiger partial charge is 0.497 e. The normalized spacial score (nSPS) is 15.5. The summed E-state index contributed by atoms with van der Waals surface area (Å²) in [6.07, 6.45) is 2.40. The molecule has 2 aromatic rings. The Morgan fingerprint density at radius 3 is 2.40 bits per heavy atom. The second kappa shape index (κ2) is 11.6. The number of nitrogens with one attached hydrogen (secondary N) is 1. The van der Waals surface area contributed by atoms with Gasteiger partial charge in [-0.2, -0.15) is 0 Å². The topological polar surface area (TPSA) is 71.1 Å². The van der Waals surface area contributed by atoms with Gasteiger partial charge in [0.05, 0.1) is 13.2 Å². The van der Waals surface area contributed by atoms with Gasteiger partial charge in [-0.15, -0.1) is 0 Å². The molecular formula is C28H39N3O4. The molecule has 1 N–H and O–H groups in total. The van der Waals surface area contributed by atoms with E-state index in [2.05, 4.69) is 5.32 Å². The summed E-state index contributed by atoms with van der Waals surface area (Å²) in [6.45, 7) is 7.77. The first-order chi connectivity index (χ1) is 16.6. The minimum Gasteiger partial charge on any atom is -0.497 e. The lowest BCUT2D eigenvalue weighted by Gasteiger charge is -2.28. The molecule has 1 fully saturated rings. The molecule has 0 aliphatic carbocycles. The number of rotatable bonds is 9. The molecule has 1 aliphatic rings. The zero-order chi connectivity index (χ0) is 25.6. The Labute approximate surface area is 209 Å². The maximum atomic E-state index is 13.6. The summed E-state index contributed by atoms with van der Waals surface area (Å²) >= 11 is 0. The monoisotopic (exact) mass is 481 g/mol. The summed E-state index contributed by atoms with van der Waals surface area (Å²) < 4.78 is 11.1. The maximum Gasteiger partial charge on any atom is 0.254 e. The molecule has 0 spiro atoms. The number of methoxy groups -OCH3 is 1. The van der Waals surface area contributed by atoms with E-state index in [0.29, 0.717) is 30.8 Å². The van der Waals surface area contributed by atoms with Crippen molar-refractivity contribution in [3.05, 3.63) is 53.6 Å². The van der Waals surface area contributed by atoms with E-state index in [4.69, 9.17) is 9.47 Å². The van der Waals surface area contributed by atoms with Crippen LogP contribution in [0.4, 0.5) is 11.4 Å². The molecule has 0 bridgehead atoms. The van der Waals surface area contributed by atoms with Crippen molar-refractivity contribution in [3.8, 4) is 5.75 Å². The highest BCUT2D eigenvalue weighted by atomic mass is 16.5. The van der Waals surface area contributed by atoms with Gasteiger partial charge in [0.25, 0.3) is 5.91 Å². The zero-order valence-electron chi connectivity index (χ0n) is 21.9. The number of benzene rings is 2. The van der Waals surface area contributed by atoms with Crippen LogP contribution >= 0.6 is 0 Å². The van der Waals surface area contributed by atoms with Crippen LogP contribution in [0.5, 0.6) is 5.75 Å². The number of nitrogens with zero attached hydrogens (tertiary/aromatic N) is 2. The number of hydrogen-bond acceptors (Lipinski definition) is 5. The van der Waals surface area contributed by atoms with Crippen LogP contribution in [0, 0.1) is 5.41 Å².